The lowest BCUT2D eigenvalue weighted by Gasteiger charge is -2.22. The zero-order valence-corrected chi connectivity index (χ0v) is 13.9. The standard InChI is InChI=1S/C15H12ClNO6S/c1-17(12-5-3-2-4-10(12)15(20)21)24(22,23)13-8-9(14(18)19)6-7-11(13)16/h2-8H,1H3,(H,18,19)(H,20,21). The summed E-state index contributed by atoms with van der Waals surface area (Å²) in [4.78, 5) is 21.9. The molecular formula is C15H12ClNO6S. The smallest absolute Gasteiger partial charge is 0.337 e. The quantitative estimate of drug-likeness (QED) is 0.837. The zero-order chi connectivity index (χ0) is 18.1. The molecule has 0 amide bonds. The van der Waals surface area contributed by atoms with Gasteiger partial charge in [-0.2, -0.15) is 0 Å². The van der Waals surface area contributed by atoms with Crippen molar-refractivity contribution >= 4 is 39.3 Å². The lowest BCUT2D eigenvalue weighted by Crippen LogP contribution is -2.28. The van der Waals surface area contributed by atoms with Gasteiger partial charge in [0.05, 0.1) is 21.8 Å². The number of hydrogen-bond donors (Lipinski definition) is 2. The molecule has 0 radical (unpaired) electrons. The van der Waals surface area contributed by atoms with Crippen LogP contribution in [0.25, 0.3) is 0 Å². The van der Waals surface area contributed by atoms with Crippen molar-refractivity contribution in [3.8, 4) is 0 Å². The highest BCUT2D eigenvalue weighted by molar-refractivity contribution is 7.93. The van der Waals surface area contributed by atoms with Gasteiger partial charge in [-0.25, -0.2) is 18.0 Å². The van der Waals surface area contributed by atoms with E-state index in [-0.39, 0.29) is 21.8 Å². The van der Waals surface area contributed by atoms with Crippen LogP contribution in [0.5, 0.6) is 0 Å². The Balaban J connectivity index is 2.62. The Morgan fingerprint density at radius 1 is 1.04 bits per heavy atom. The number of carbonyl (C=O) groups is 2. The number of halogens is 1. The number of aromatic carboxylic acids is 2. The van der Waals surface area contributed by atoms with E-state index in [0.29, 0.717) is 0 Å². The number of carboxylic acid groups (broad SMARTS) is 2. The average Bonchev–Trinajstić information content (AvgIpc) is 2.54. The monoisotopic (exact) mass is 369 g/mol. The van der Waals surface area contributed by atoms with Crippen molar-refractivity contribution in [2.45, 2.75) is 4.90 Å². The summed E-state index contributed by atoms with van der Waals surface area (Å²) in [6.07, 6.45) is 0. The van der Waals surface area contributed by atoms with Gasteiger partial charge in [0, 0.05) is 7.05 Å². The number of benzene rings is 2. The van der Waals surface area contributed by atoms with Crippen LogP contribution in [0.15, 0.2) is 47.4 Å². The van der Waals surface area contributed by atoms with Crippen LogP contribution >= 0.6 is 11.6 Å². The first kappa shape index (κ1) is 17.8. The summed E-state index contributed by atoms with van der Waals surface area (Å²) in [5.74, 6) is -2.60. The van der Waals surface area contributed by atoms with E-state index in [2.05, 4.69) is 0 Å². The molecule has 7 nitrogen and oxygen atoms in total. The van der Waals surface area contributed by atoms with Crippen LogP contribution in [0.3, 0.4) is 0 Å². The number of anilines is 1. The van der Waals surface area contributed by atoms with Crippen LogP contribution in [0.1, 0.15) is 20.7 Å². The molecule has 0 heterocycles. The average molecular weight is 370 g/mol. The highest BCUT2D eigenvalue weighted by Gasteiger charge is 2.27. The normalized spacial score (nSPS) is 11.1. The predicted octanol–water partition coefficient (Wildman–Crippen LogP) is 2.56. The van der Waals surface area contributed by atoms with Crippen LogP contribution in [-0.2, 0) is 10.0 Å². The van der Waals surface area contributed by atoms with E-state index in [0.717, 1.165) is 16.4 Å². The van der Waals surface area contributed by atoms with Crippen molar-refractivity contribution in [1.29, 1.82) is 0 Å². The second-order valence-electron chi connectivity index (χ2n) is 4.75. The summed E-state index contributed by atoms with van der Waals surface area (Å²) in [6.45, 7) is 0. The highest BCUT2D eigenvalue weighted by Crippen LogP contribution is 2.30. The third kappa shape index (κ3) is 3.19. The van der Waals surface area contributed by atoms with Crippen LogP contribution < -0.4 is 4.31 Å². The Labute approximate surface area is 142 Å². The first-order chi connectivity index (χ1) is 11.2. The van der Waals surface area contributed by atoms with Crippen molar-refractivity contribution in [1.82, 2.24) is 0 Å². The molecule has 0 bridgehead atoms. The van der Waals surface area contributed by atoms with E-state index in [9.17, 15) is 23.1 Å². The minimum atomic E-state index is -4.26. The van der Waals surface area contributed by atoms with Crippen LogP contribution in [0.4, 0.5) is 5.69 Å². The molecule has 2 aromatic carbocycles. The van der Waals surface area contributed by atoms with Gasteiger partial charge in [-0.05, 0) is 30.3 Å². The minimum absolute atomic E-state index is 0.0678. The van der Waals surface area contributed by atoms with Crippen molar-refractivity contribution in [3.63, 3.8) is 0 Å². The number of rotatable bonds is 5. The summed E-state index contributed by atoms with van der Waals surface area (Å²) in [5.41, 5.74) is -0.534. The Morgan fingerprint density at radius 2 is 1.67 bits per heavy atom. The topological polar surface area (TPSA) is 112 Å². The van der Waals surface area contributed by atoms with E-state index in [1.54, 1.807) is 0 Å². The van der Waals surface area contributed by atoms with Gasteiger partial charge in [0.2, 0.25) is 0 Å². The molecule has 126 valence electrons. The van der Waals surface area contributed by atoms with Gasteiger partial charge in [-0.1, -0.05) is 23.7 Å². The molecule has 9 heteroatoms. The van der Waals surface area contributed by atoms with Gasteiger partial charge in [-0.15, -0.1) is 0 Å². The fourth-order valence-corrected chi connectivity index (χ4v) is 3.75. The molecule has 0 aliphatic rings. The van der Waals surface area contributed by atoms with E-state index >= 15 is 0 Å². The molecule has 0 spiro atoms. The maximum absolute atomic E-state index is 12.8. The molecule has 0 saturated carbocycles. The number of carboxylic acids is 2. The highest BCUT2D eigenvalue weighted by atomic mass is 35.5. The summed E-state index contributed by atoms with van der Waals surface area (Å²) in [7, 11) is -3.09. The second kappa shape index (κ2) is 6.50. The zero-order valence-electron chi connectivity index (χ0n) is 12.3. The number of hydrogen-bond acceptors (Lipinski definition) is 4. The van der Waals surface area contributed by atoms with E-state index in [1.165, 1.54) is 37.4 Å². The van der Waals surface area contributed by atoms with Crippen LogP contribution in [0.2, 0.25) is 5.02 Å². The molecule has 0 atom stereocenters. The fourth-order valence-electron chi connectivity index (χ4n) is 2.04. The Kier molecular flexibility index (Phi) is 4.81. The fraction of sp³-hybridized carbons (Fsp3) is 0.0667. The van der Waals surface area contributed by atoms with Crippen molar-refractivity contribution in [2.24, 2.45) is 0 Å². The van der Waals surface area contributed by atoms with Gasteiger partial charge in [0.1, 0.15) is 4.90 Å². The van der Waals surface area contributed by atoms with Crippen LogP contribution in [0, 0.1) is 0 Å². The van der Waals surface area contributed by atoms with Crippen LogP contribution in [-0.4, -0.2) is 37.6 Å². The Morgan fingerprint density at radius 3 is 2.25 bits per heavy atom. The van der Waals surface area contributed by atoms with Crippen molar-refractivity contribution < 1.29 is 28.2 Å². The number of para-hydroxylation sites is 1. The van der Waals surface area contributed by atoms with Gasteiger partial charge >= 0.3 is 11.9 Å². The number of nitrogens with zero attached hydrogens (tertiary/aromatic N) is 1. The molecule has 0 unspecified atom stereocenters. The molecule has 2 N–H and O–H groups in total. The molecule has 0 aliphatic carbocycles. The lowest BCUT2D eigenvalue weighted by molar-refractivity contribution is 0.0686. The summed E-state index contributed by atoms with van der Waals surface area (Å²) < 4.78 is 26.3. The maximum atomic E-state index is 12.8. The van der Waals surface area contributed by atoms with Gasteiger partial charge in [0.25, 0.3) is 10.0 Å². The molecule has 0 fully saturated rings. The van der Waals surface area contributed by atoms with E-state index < -0.39 is 26.9 Å². The first-order valence-electron chi connectivity index (χ1n) is 6.50. The Hall–Kier alpha value is -2.58. The van der Waals surface area contributed by atoms with Gasteiger partial charge < -0.3 is 10.2 Å². The summed E-state index contributed by atoms with van der Waals surface area (Å²) >= 11 is 5.90. The molecule has 0 saturated heterocycles. The van der Waals surface area contributed by atoms with Crippen molar-refractivity contribution in [2.75, 3.05) is 11.4 Å². The number of sulfonamides is 1. The lowest BCUT2D eigenvalue weighted by atomic mass is 10.2. The first-order valence-corrected chi connectivity index (χ1v) is 8.32. The minimum Gasteiger partial charge on any atom is -0.478 e. The molecule has 24 heavy (non-hydrogen) atoms. The summed E-state index contributed by atoms with van der Waals surface area (Å²) in [5, 5.41) is 18.0. The molecule has 0 aliphatic heterocycles. The molecule has 2 aromatic rings. The molecular weight excluding hydrogens is 358 g/mol. The largest absolute Gasteiger partial charge is 0.478 e. The third-order valence-electron chi connectivity index (χ3n) is 3.29. The van der Waals surface area contributed by atoms with E-state index in [1.807, 2.05) is 0 Å². The van der Waals surface area contributed by atoms with Gasteiger partial charge in [0.15, 0.2) is 0 Å². The van der Waals surface area contributed by atoms with Crippen molar-refractivity contribution in [3.05, 3.63) is 58.6 Å². The van der Waals surface area contributed by atoms with Gasteiger partial charge in [-0.3, -0.25) is 4.31 Å². The SMILES string of the molecule is CN(c1ccccc1C(=O)O)S(=O)(=O)c1cc(C(=O)O)ccc1Cl. The summed E-state index contributed by atoms with van der Waals surface area (Å²) in [6, 6.07) is 8.81. The maximum Gasteiger partial charge on any atom is 0.337 e. The van der Waals surface area contributed by atoms with E-state index in [4.69, 9.17) is 16.7 Å². The Bertz CT molecular complexity index is 925. The third-order valence-corrected chi connectivity index (χ3v) is 5.54. The molecule has 2 rings (SSSR count). The predicted molar refractivity (Wildman–Crippen MR) is 87.4 cm³/mol. The second-order valence-corrected chi connectivity index (χ2v) is 7.09. The molecule has 0 aromatic heterocycles.